The molecule has 1 aliphatic rings. The highest BCUT2D eigenvalue weighted by Gasteiger charge is 2.27. The summed E-state index contributed by atoms with van der Waals surface area (Å²) in [5, 5.41) is 0.944. The number of hydrogen-bond donors (Lipinski definition) is 0. The van der Waals surface area contributed by atoms with Gasteiger partial charge in [-0.15, -0.1) is 0 Å². The Morgan fingerprint density at radius 2 is 2.00 bits per heavy atom. The van der Waals surface area contributed by atoms with Crippen molar-refractivity contribution in [1.82, 2.24) is 4.90 Å². The van der Waals surface area contributed by atoms with Crippen LogP contribution >= 0.6 is 0 Å². The van der Waals surface area contributed by atoms with E-state index in [0.717, 1.165) is 35.1 Å². The van der Waals surface area contributed by atoms with E-state index in [-0.39, 0.29) is 5.91 Å². The van der Waals surface area contributed by atoms with Gasteiger partial charge < -0.3 is 14.1 Å². The number of ether oxygens (including phenoxy) is 1. The maximum atomic E-state index is 12.8. The largest absolute Gasteiger partial charge is 0.497 e. The third-order valence-electron chi connectivity index (χ3n) is 4.78. The molecule has 0 unspecified atom stereocenters. The maximum absolute atomic E-state index is 12.8. The van der Waals surface area contributed by atoms with Crippen LogP contribution in [0.2, 0.25) is 0 Å². The summed E-state index contributed by atoms with van der Waals surface area (Å²) in [6.07, 6.45) is 5.88. The van der Waals surface area contributed by atoms with Crippen LogP contribution in [0.1, 0.15) is 48.2 Å². The number of hydrogen-bond acceptors (Lipinski definition) is 3. The Labute approximate surface area is 131 Å². The Balaban J connectivity index is 1.91. The van der Waals surface area contributed by atoms with E-state index in [1.807, 2.05) is 37.1 Å². The summed E-state index contributed by atoms with van der Waals surface area (Å²) in [6, 6.07) is 5.97. The maximum Gasteiger partial charge on any atom is 0.289 e. The molecule has 1 heterocycles. The van der Waals surface area contributed by atoms with Gasteiger partial charge in [0.15, 0.2) is 5.76 Å². The molecule has 1 amide bonds. The first-order chi connectivity index (χ1) is 10.6. The van der Waals surface area contributed by atoms with Gasteiger partial charge in [0.1, 0.15) is 11.3 Å². The van der Waals surface area contributed by atoms with Crippen molar-refractivity contribution in [3.8, 4) is 5.75 Å². The zero-order valence-corrected chi connectivity index (χ0v) is 13.5. The third kappa shape index (κ3) is 2.58. The molecule has 118 valence electrons. The number of amides is 1. The molecule has 4 nitrogen and oxygen atoms in total. The van der Waals surface area contributed by atoms with Crippen molar-refractivity contribution in [1.29, 1.82) is 0 Å². The number of aryl methyl sites for hydroxylation is 1. The van der Waals surface area contributed by atoms with Gasteiger partial charge in [0.2, 0.25) is 0 Å². The van der Waals surface area contributed by atoms with Gasteiger partial charge in [-0.25, -0.2) is 0 Å². The fourth-order valence-electron chi connectivity index (χ4n) is 3.33. The lowest BCUT2D eigenvalue weighted by molar-refractivity contribution is 0.0665. The SMILES string of the molecule is COc1ccc2oc(C(=O)N(C)C3CCCCC3)c(C)c2c1. The van der Waals surface area contributed by atoms with E-state index in [4.69, 9.17) is 9.15 Å². The lowest BCUT2D eigenvalue weighted by Crippen LogP contribution is -2.38. The second-order valence-electron chi connectivity index (χ2n) is 6.13. The third-order valence-corrected chi connectivity index (χ3v) is 4.78. The normalized spacial score (nSPS) is 16.0. The van der Waals surface area contributed by atoms with Crippen molar-refractivity contribution < 1.29 is 13.9 Å². The van der Waals surface area contributed by atoms with Crippen molar-refractivity contribution in [3.05, 3.63) is 29.5 Å². The lowest BCUT2D eigenvalue weighted by Gasteiger charge is -2.30. The Bertz CT molecular complexity index is 683. The monoisotopic (exact) mass is 301 g/mol. The number of furan rings is 1. The van der Waals surface area contributed by atoms with E-state index < -0.39 is 0 Å². The molecule has 0 spiro atoms. The van der Waals surface area contributed by atoms with Crippen molar-refractivity contribution in [2.75, 3.05) is 14.2 Å². The minimum absolute atomic E-state index is 0.0143. The molecule has 2 aromatic rings. The van der Waals surface area contributed by atoms with E-state index >= 15 is 0 Å². The number of fused-ring (bicyclic) bond motifs is 1. The highest BCUT2D eigenvalue weighted by atomic mass is 16.5. The van der Waals surface area contributed by atoms with E-state index in [1.54, 1.807) is 7.11 Å². The van der Waals surface area contributed by atoms with Crippen LogP contribution in [0.15, 0.2) is 22.6 Å². The molecule has 1 aliphatic carbocycles. The van der Waals surface area contributed by atoms with Crippen molar-refractivity contribution >= 4 is 16.9 Å². The molecule has 3 rings (SSSR count). The predicted octanol–water partition coefficient (Wildman–Crippen LogP) is 4.15. The van der Waals surface area contributed by atoms with Crippen LogP contribution in [0, 0.1) is 6.92 Å². The Hall–Kier alpha value is -1.97. The van der Waals surface area contributed by atoms with Gasteiger partial charge >= 0.3 is 0 Å². The molecule has 0 saturated heterocycles. The predicted molar refractivity (Wildman–Crippen MR) is 86.5 cm³/mol. The molecular formula is C18H23NO3. The number of carbonyl (C=O) groups excluding carboxylic acids is 1. The summed E-state index contributed by atoms with van der Waals surface area (Å²) in [5.74, 6) is 1.21. The lowest BCUT2D eigenvalue weighted by atomic mass is 9.94. The van der Waals surface area contributed by atoms with Gasteiger partial charge in [-0.3, -0.25) is 4.79 Å². The summed E-state index contributed by atoms with van der Waals surface area (Å²) >= 11 is 0. The highest BCUT2D eigenvalue weighted by Crippen LogP contribution is 2.30. The zero-order valence-electron chi connectivity index (χ0n) is 13.5. The number of nitrogens with zero attached hydrogens (tertiary/aromatic N) is 1. The Morgan fingerprint density at radius 1 is 1.27 bits per heavy atom. The van der Waals surface area contributed by atoms with Gasteiger partial charge in [-0.2, -0.15) is 0 Å². The van der Waals surface area contributed by atoms with Gasteiger partial charge in [-0.1, -0.05) is 19.3 Å². The second-order valence-corrected chi connectivity index (χ2v) is 6.13. The van der Waals surface area contributed by atoms with Crippen molar-refractivity contribution in [3.63, 3.8) is 0 Å². The minimum Gasteiger partial charge on any atom is -0.497 e. The molecule has 0 radical (unpaired) electrons. The number of rotatable bonds is 3. The van der Waals surface area contributed by atoms with Crippen LogP contribution in [0.5, 0.6) is 5.75 Å². The molecule has 1 aromatic heterocycles. The van der Waals surface area contributed by atoms with E-state index in [0.29, 0.717) is 11.8 Å². The van der Waals surface area contributed by atoms with Crippen LogP contribution < -0.4 is 4.74 Å². The fraction of sp³-hybridized carbons (Fsp3) is 0.500. The average Bonchev–Trinajstić information content (AvgIpc) is 2.90. The first-order valence-corrected chi connectivity index (χ1v) is 7.96. The number of benzene rings is 1. The smallest absolute Gasteiger partial charge is 0.289 e. The molecular weight excluding hydrogens is 278 g/mol. The highest BCUT2D eigenvalue weighted by molar-refractivity contribution is 5.99. The van der Waals surface area contributed by atoms with E-state index in [2.05, 4.69) is 0 Å². The Kier molecular flexibility index (Phi) is 4.10. The Morgan fingerprint density at radius 3 is 2.68 bits per heavy atom. The van der Waals surface area contributed by atoms with Gasteiger partial charge in [0, 0.05) is 24.0 Å². The molecule has 1 fully saturated rings. The summed E-state index contributed by atoms with van der Waals surface area (Å²) in [6.45, 7) is 1.94. The van der Waals surface area contributed by atoms with Gasteiger partial charge in [-0.05, 0) is 38.0 Å². The topological polar surface area (TPSA) is 42.7 Å². The minimum atomic E-state index is -0.0143. The molecule has 1 aromatic carbocycles. The molecule has 22 heavy (non-hydrogen) atoms. The second kappa shape index (κ2) is 6.03. The van der Waals surface area contributed by atoms with E-state index in [1.165, 1.54) is 19.3 Å². The van der Waals surface area contributed by atoms with Crippen molar-refractivity contribution in [2.24, 2.45) is 0 Å². The fourth-order valence-corrected chi connectivity index (χ4v) is 3.33. The average molecular weight is 301 g/mol. The van der Waals surface area contributed by atoms with Gasteiger partial charge in [0.25, 0.3) is 5.91 Å². The van der Waals surface area contributed by atoms with Crippen molar-refractivity contribution in [2.45, 2.75) is 45.1 Å². The summed E-state index contributed by atoms with van der Waals surface area (Å²) in [7, 11) is 3.53. The molecule has 0 N–H and O–H groups in total. The number of methoxy groups -OCH3 is 1. The molecule has 4 heteroatoms. The molecule has 0 bridgehead atoms. The zero-order chi connectivity index (χ0) is 15.7. The summed E-state index contributed by atoms with van der Waals surface area (Å²) in [5.41, 5.74) is 1.63. The summed E-state index contributed by atoms with van der Waals surface area (Å²) in [4.78, 5) is 14.7. The first kappa shape index (κ1) is 14.9. The van der Waals surface area contributed by atoms with Crippen LogP contribution in [0.4, 0.5) is 0 Å². The van der Waals surface area contributed by atoms with Crippen LogP contribution in [-0.2, 0) is 0 Å². The molecule has 0 atom stereocenters. The van der Waals surface area contributed by atoms with Gasteiger partial charge in [0.05, 0.1) is 7.11 Å². The number of carbonyl (C=O) groups is 1. The standard InChI is InChI=1S/C18H23NO3/c1-12-15-11-14(21-3)9-10-16(15)22-17(12)18(20)19(2)13-7-5-4-6-8-13/h9-11,13H,4-8H2,1-3H3. The molecule has 1 saturated carbocycles. The quantitative estimate of drug-likeness (QED) is 0.855. The van der Waals surface area contributed by atoms with Crippen LogP contribution in [0.25, 0.3) is 11.0 Å². The van der Waals surface area contributed by atoms with Crippen LogP contribution in [0.3, 0.4) is 0 Å². The molecule has 0 aliphatic heterocycles. The van der Waals surface area contributed by atoms with Crippen LogP contribution in [-0.4, -0.2) is 31.0 Å². The first-order valence-electron chi connectivity index (χ1n) is 7.96. The van der Waals surface area contributed by atoms with E-state index in [9.17, 15) is 4.79 Å². The summed E-state index contributed by atoms with van der Waals surface area (Å²) < 4.78 is 11.1.